The molecule has 2 aliphatic heterocycles. The summed E-state index contributed by atoms with van der Waals surface area (Å²) in [4.78, 5) is 2.81. The van der Waals surface area contributed by atoms with Crippen LogP contribution in [0.2, 0.25) is 0 Å². The maximum Gasteiger partial charge on any atom is 0.0349 e. The van der Waals surface area contributed by atoms with E-state index in [2.05, 4.69) is 47.5 Å². The van der Waals surface area contributed by atoms with E-state index in [9.17, 15) is 0 Å². The summed E-state index contributed by atoms with van der Waals surface area (Å²) < 4.78 is 0. The molecular weight excluding hydrogens is 244 g/mol. The van der Waals surface area contributed by atoms with Crippen LogP contribution in [0.15, 0.2) is 30.3 Å². The molecule has 0 aliphatic carbocycles. The van der Waals surface area contributed by atoms with Crippen molar-refractivity contribution in [2.45, 2.75) is 63.6 Å². The molecule has 3 atom stereocenters. The summed E-state index contributed by atoms with van der Waals surface area (Å²) in [5.41, 5.74) is 1.50. The van der Waals surface area contributed by atoms with Crippen LogP contribution < -0.4 is 5.32 Å². The van der Waals surface area contributed by atoms with E-state index in [-0.39, 0.29) is 0 Å². The number of hydrogen-bond donors (Lipinski definition) is 1. The number of rotatable bonds is 4. The standard InChI is InChI=1S/C18H28N2/c1-2-17(15-9-4-3-5-10-15)20-14-7-6-12-18(20)16-11-8-13-19-16/h3-5,9-10,16-19H,2,6-8,11-14H2,1H3. The van der Waals surface area contributed by atoms with Crippen LogP contribution in [0.1, 0.15) is 57.1 Å². The van der Waals surface area contributed by atoms with Crippen molar-refractivity contribution in [3.63, 3.8) is 0 Å². The minimum absolute atomic E-state index is 0.601. The Morgan fingerprint density at radius 1 is 1.15 bits per heavy atom. The summed E-state index contributed by atoms with van der Waals surface area (Å²) in [5, 5.41) is 3.75. The minimum Gasteiger partial charge on any atom is -0.312 e. The van der Waals surface area contributed by atoms with Crippen molar-refractivity contribution in [1.82, 2.24) is 10.2 Å². The molecule has 0 bridgehead atoms. The van der Waals surface area contributed by atoms with Crippen molar-refractivity contribution < 1.29 is 0 Å². The Kier molecular flexibility index (Phi) is 4.74. The minimum atomic E-state index is 0.601. The molecule has 0 saturated carbocycles. The van der Waals surface area contributed by atoms with Crippen LogP contribution in [0.3, 0.4) is 0 Å². The third-order valence-corrected chi connectivity index (χ3v) is 5.13. The number of benzene rings is 1. The van der Waals surface area contributed by atoms with E-state index in [4.69, 9.17) is 0 Å². The van der Waals surface area contributed by atoms with Crippen LogP contribution in [0.5, 0.6) is 0 Å². The first-order chi connectivity index (χ1) is 9.90. The fourth-order valence-corrected chi connectivity index (χ4v) is 4.18. The van der Waals surface area contributed by atoms with Crippen molar-refractivity contribution >= 4 is 0 Å². The first-order valence-corrected chi connectivity index (χ1v) is 8.44. The fourth-order valence-electron chi connectivity index (χ4n) is 4.18. The number of nitrogens with one attached hydrogen (secondary N) is 1. The molecule has 1 aromatic rings. The number of hydrogen-bond acceptors (Lipinski definition) is 2. The third-order valence-electron chi connectivity index (χ3n) is 5.13. The van der Waals surface area contributed by atoms with E-state index < -0.39 is 0 Å². The molecule has 20 heavy (non-hydrogen) atoms. The smallest absolute Gasteiger partial charge is 0.0349 e. The summed E-state index contributed by atoms with van der Waals surface area (Å²) in [6.45, 7) is 4.83. The molecule has 2 heteroatoms. The lowest BCUT2D eigenvalue weighted by Gasteiger charge is -2.44. The molecule has 3 rings (SSSR count). The Morgan fingerprint density at radius 2 is 2.00 bits per heavy atom. The Labute approximate surface area is 123 Å². The van der Waals surface area contributed by atoms with Crippen molar-refractivity contribution in [3.05, 3.63) is 35.9 Å². The van der Waals surface area contributed by atoms with Gasteiger partial charge in [-0.2, -0.15) is 0 Å². The van der Waals surface area contributed by atoms with Gasteiger partial charge in [-0.25, -0.2) is 0 Å². The van der Waals surface area contributed by atoms with Crippen LogP contribution in [0, 0.1) is 0 Å². The Hall–Kier alpha value is -0.860. The Bertz CT molecular complexity index is 397. The van der Waals surface area contributed by atoms with Gasteiger partial charge in [0, 0.05) is 18.1 Å². The second-order valence-corrected chi connectivity index (χ2v) is 6.34. The van der Waals surface area contributed by atoms with Gasteiger partial charge in [0.25, 0.3) is 0 Å². The molecule has 110 valence electrons. The van der Waals surface area contributed by atoms with Crippen LogP contribution in [0.4, 0.5) is 0 Å². The molecule has 2 nitrogen and oxygen atoms in total. The number of piperidine rings is 1. The first-order valence-electron chi connectivity index (χ1n) is 8.44. The number of likely N-dealkylation sites (tertiary alicyclic amines) is 1. The van der Waals surface area contributed by atoms with E-state index in [0.717, 1.165) is 12.1 Å². The van der Waals surface area contributed by atoms with Crippen molar-refractivity contribution in [1.29, 1.82) is 0 Å². The largest absolute Gasteiger partial charge is 0.312 e. The molecule has 1 aromatic carbocycles. The summed E-state index contributed by atoms with van der Waals surface area (Å²) in [7, 11) is 0. The maximum absolute atomic E-state index is 3.75. The lowest BCUT2D eigenvalue weighted by molar-refractivity contribution is 0.0702. The van der Waals surface area contributed by atoms with Crippen LogP contribution in [-0.4, -0.2) is 30.1 Å². The second-order valence-electron chi connectivity index (χ2n) is 6.34. The SMILES string of the molecule is CCC(c1ccccc1)N1CCCCC1C1CCCN1. The maximum atomic E-state index is 3.75. The topological polar surface area (TPSA) is 15.3 Å². The summed E-state index contributed by atoms with van der Waals surface area (Å²) in [6, 6.07) is 13.2. The van der Waals surface area contributed by atoms with Gasteiger partial charge in [-0.3, -0.25) is 4.90 Å². The van der Waals surface area contributed by atoms with Gasteiger partial charge < -0.3 is 5.32 Å². The molecule has 1 N–H and O–H groups in total. The van der Waals surface area contributed by atoms with Gasteiger partial charge in [0.05, 0.1) is 0 Å². The molecule has 2 saturated heterocycles. The average Bonchev–Trinajstić information content (AvgIpc) is 3.04. The predicted octanol–water partition coefficient (Wildman–Crippen LogP) is 3.74. The lowest BCUT2D eigenvalue weighted by atomic mass is 9.90. The highest BCUT2D eigenvalue weighted by Gasteiger charge is 2.35. The van der Waals surface area contributed by atoms with E-state index in [0.29, 0.717) is 6.04 Å². The van der Waals surface area contributed by atoms with Gasteiger partial charge in [-0.05, 0) is 50.8 Å². The van der Waals surface area contributed by atoms with E-state index in [1.54, 1.807) is 0 Å². The zero-order valence-electron chi connectivity index (χ0n) is 12.7. The van der Waals surface area contributed by atoms with E-state index in [1.165, 1.54) is 57.2 Å². The van der Waals surface area contributed by atoms with Crippen molar-refractivity contribution in [3.8, 4) is 0 Å². The highest BCUT2D eigenvalue weighted by atomic mass is 15.2. The predicted molar refractivity (Wildman–Crippen MR) is 84.8 cm³/mol. The van der Waals surface area contributed by atoms with Crippen molar-refractivity contribution in [2.24, 2.45) is 0 Å². The van der Waals surface area contributed by atoms with E-state index >= 15 is 0 Å². The van der Waals surface area contributed by atoms with Crippen molar-refractivity contribution in [2.75, 3.05) is 13.1 Å². The zero-order valence-corrected chi connectivity index (χ0v) is 12.7. The van der Waals surface area contributed by atoms with Gasteiger partial charge in [0.15, 0.2) is 0 Å². The monoisotopic (exact) mass is 272 g/mol. The molecule has 0 spiro atoms. The van der Waals surface area contributed by atoms with Crippen LogP contribution in [0.25, 0.3) is 0 Å². The highest BCUT2D eigenvalue weighted by Crippen LogP contribution is 2.33. The van der Waals surface area contributed by atoms with Gasteiger partial charge in [-0.1, -0.05) is 43.7 Å². The summed E-state index contributed by atoms with van der Waals surface area (Å²) in [5.74, 6) is 0. The first kappa shape index (κ1) is 14.1. The van der Waals surface area contributed by atoms with Gasteiger partial charge in [0.1, 0.15) is 0 Å². The summed E-state index contributed by atoms with van der Waals surface area (Å²) in [6.07, 6.45) is 8.09. The second kappa shape index (κ2) is 6.73. The fraction of sp³-hybridized carbons (Fsp3) is 0.667. The van der Waals surface area contributed by atoms with Gasteiger partial charge in [-0.15, -0.1) is 0 Å². The third kappa shape index (κ3) is 2.91. The van der Waals surface area contributed by atoms with Gasteiger partial charge >= 0.3 is 0 Å². The molecule has 2 aliphatic rings. The number of nitrogens with zero attached hydrogens (tertiary/aromatic N) is 1. The molecule has 2 fully saturated rings. The Morgan fingerprint density at radius 3 is 2.70 bits per heavy atom. The highest BCUT2D eigenvalue weighted by molar-refractivity contribution is 5.19. The average molecular weight is 272 g/mol. The molecule has 0 radical (unpaired) electrons. The van der Waals surface area contributed by atoms with Gasteiger partial charge in [0.2, 0.25) is 0 Å². The Balaban J connectivity index is 1.80. The molecule has 0 aromatic heterocycles. The lowest BCUT2D eigenvalue weighted by Crippen LogP contribution is -2.51. The molecule has 2 heterocycles. The van der Waals surface area contributed by atoms with Crippen LogP contribution >= 0.6 is 0 Å². The molecular formula is C18H28N2. The quantitative estimate of drug-likeness (QED) is 0.898. The summed E-state index contributed by atoms with van der Waals surface area (Å²) >= 11 is 0. The van der Waals surface area contributed by atoms with E-state index in [1.807, 2.05) is 0 Å². The normalized spacial score (nSPS) is 29.4. The molecule has 3 unspecified atom stereocenters. The molecule has 0 amide bonds. The van der Waals surface area contributed by atoms with Crippen LogP contribution in [-0.2, 0) is 0 Å². The zero-order chi connectivity index (χ0) is 13.8.